The van der Waals surface area contributed by atoms with Gasteiger partial charge in [-0.15, -0.1) is 5.56 Å². The van der Waals surface area contributed by atoms with E-state index in [1.54, 1.807) is 7.11 Å². The molecular formula is C9H11OY-. The van der Waals surface area contributed by atoms with E-state index in [1.807, 2.05) is 25.1 Å². The Morgan fingerprint density at radius 1 is 1.36 bits per heavy atom. The Morgan fingerprint density at radius 3 is 2.45 bits per heavy atom. The molecule has 0 atom stereocenters. The van der Waals surface area contributed by atoms with Crippen molar-refractivity contribution in [2.24, 2.45) is 0 Å². The molecule has 1 aromatic carbocycles. The molecule has 0 bridgehead atoms. The molecule has 0 saturated heterocycles. The normalized spacial score (nSPS) is 8.55. The first-order chi connectivity index (χ1) is 4.74. The largest absolute Gasteiger partial charge is 0.499 e. The van der Waals surface area contributed by atoms with Gasteiger partial charge in [-0.1, -0.05) is 19.1 Å². The summed E-state index contributed by atoms with van der Waals surface area (Å²) in [5.41, 5.74) is 2.22. The van der Waals surface area contributed by atoms with E-state index in [-0.39, 0.29) is 32.7 Å². The van der Waals surface area contributed by atoms with Crippen LogP contribution in [0.4, 0.5) is 0 Å². The minimum atomic E-state index is 0. The fourth-order valence-electron chi connectivity index (χ4n) is 0.795. The van der Waals surface area contributed by atoms with Crippen LogP contribution in [0.1, 0.15) is 11.1 Å². The first-order valence-electron chi connectivity index (χ1n) is 3.20. The Morgan fingerprint density at radius 2 is 2.00 bits per heavy atom. The number of hydrogen-bond acceptors (Lipinski definition) is 1. The zero-order valence-corrected chi connectivity index (χ0v) is 9.76. The second-order valence-corrected chi connectivity index (χ2v) is 2.29. The van der Waals surface area contributed by atoms with E-state index in [1.165, 1.54) is 5.56 Å². The van der Waals surface area contributed by atoms with Crippen molar-refractivity contribution >= 4 is 0 Å². The molecule has 0 aromatic heterocycles. The Balaban J connectivity index is 0.000001000. The maximum atomic E-state index is 5.02. The van der Waals surface area contributed by atoms with Gasteiger partial charge in [-0.3, -0.25) is 0 Å². The van der Waals surface area contributed by atoms with Crippen LogP contribution in [0.2, 0.25) is 0 Å². The summed E-state index contributed by atoms with van der Waals surface area (Å²) in [6.07, 6.45) is 0. The Hall–Kier alpha value is -0.00610. The van der Waals surface area contributed by atoms with Crippen LogP contribution in [0.25, 0.3) is 0 Å². The van der Waals surface area contributed by atoms with Crippen molar-refractivity contribution in [3.05, 3.63) is 36.2 Å². The van der Waals surface area contributed by atoms with E-state index >= 15 is 0 Å². The molecule has 2 heteroatoms. The predicted octanol–water partition coefficient (Wildman–Crippen LogP) is 2.18. The van der Waals surface area contributed by atoms with Crippen molar-refractivity contribution < 1.29 is 37.4 Å². The minimum absolute atomic E-state index is 0. The second-order valence-electron chi connectivity index (χ2n) is 2.29. The molecule has 11 heavy (non-hydrogen) atoms. The summed E-state index contributed by atoms with van der Waals surface area (Å²) in [5.74, 6) is 0.893. The predicted molar refractivity (Wildman–Crippen MR) is 42.2 cm³/mol. The van der Waals surface area contributed by atoms with Crippen LogP contribution in [-0.4, -0.2) is 7.11 Å². The molecule has 0 heterocycles. The average Bonchev–Trinajstić information content (AvgIpc) is 1.95. The molecule has 0 amide bonds. The molecular weight excluding hydrogens is 213 g/mol. The topological polar surface area (TPSA) is 9.23 Å². The van der Waals surface area contributed by atoms with Crippen LogP contribution < -0.4 is 4.74 Å². The second kappa shape index (κ2) is 4.79. The van der Waals surface area contributed by atoms with E-state index in [0.717, 1.165) is 11.3 Å². The molecule has 0 unspecified atom stereocenters. The van der Waals surface area contributed by atoms with Crippen molar-refractivity contribution in [3.8, 4) is 5.75 Å². The molecule has 0 N–H and O–H groups in total. The fourth-order valence-corrected chi connectivity index (χ4v) is 0.795. The zero-order valence-electron chi connectivity index (χ0n) is 6.92. The summed E-state index contributed by atoms with van der Waals surface area (Å²) in [4.78, 5) is 0. The van der Waals surface area contributed by atoms with E-state index in [9.17, 15) is 0 Å². The SMILES string of the molecule is [CH2-]c1ccc(OC)cc1C.[Y]. The van der Waals surface area contributed by atoms with Crippen LogP contribution in [0.15, 0.2) is 18.2 Å². The molecule has 1 rings (SSSR count). The van der Waals surface area contributed by atoms with Crippen molar-refractivity contribution in [2.75, 3.05) is 7.11 Å². The summed E-state index contributed by atoms with van der Waals surface area (Å²) in [5, 5.41) is 0. The van der Waals surface area contributed by atoms with Crippen LogP contribution in [0.5, 0.6) is 5.75 Å². The van der Waals surface area contributed by atoms with Gasteiger partial charge in [0.15, 0.2) is 0 Å². The van der Waals surface area contributed by atoms with Gasteiger partial charge < -0.3 is 4.74 Å². The molecule has 0 aliphatic heterocycles. The minimum Gasteiger partial charge on any atom is -0.499 e. The zero-order chi connectivity index (χ0) is 7.56. The van der Waals surface area contributed by atoms with Gasteiger partial charge in [-0.05, 0) is 0 Å². The molecule has 57 valence electrons. The third-order valence-electron chi connectivity index (χ3n) is 1.55. The summed E-state index contributed by atoms with van der Waals surface area (Å²) >= 11 is 0. The maximum Gasteiger partial charge on any atom is 0.0946 e. The van der Waals surface area contributed by atoms with Gasteiger partial charge in [-0.2, -0.15) is 18.6 Å². The van der Waals surface area contributed by atoms with Crippen LogP contribution in [0, 0.1) is 13.8 Å². The van der Waals surface area contributed by atoms with Gasteiger partial charge in [0.25, 0.3) is 0 Å². The molecule has 0 spiro atoms. The van der Waals surface area contributed by atoms with E-state index in [4.69, 9.17) is 4.74 Å². The molecule has 0 saturated carbocycles. The van der Waals surface area contributed by atoms with E-state index in [2.05, 4.69) is 6.92 Å². The smallest absolute Gasteiger partial charge is 0.0946 e. The van der Waals surface area contributed by atoms with E-state index in [0.29, 0.717) is 0 Å². The number of hydrogen-bond donors (Lipinski definition) is 0. The monoisotopic (exact) mass is 224 g/mol. The first kappa shape index (κ1) is 11.0. The maximum absolute atomic E-state index is 5.02. The van der Waals surface area contributed by atoms with Crippen molar-refractivity contribution in [3.63, 3.8) is 0 Å². The Labute approximate surface area is 93.0 Å². The molecule has 0 aliphatic carbocycles. The van der Waals surface area contributed by atoms with Crippen molar-refractivity contribution in [1.29, 1.82) is 0 Å². The first-order valence-corrected chi connectivity index (χ1v) is 3.20. The summed E-state index contributed by atoms with van der Waals surface area (Å²) in [7, 11) is 1.66. The molecule has 1 nitrogen and oxygen atoms in total. The Bertz CT molecular complexity index is 233. The molecule has 1 aromatic rings. The van der Waals surface area contributed by atoms with Gasteiger partial charge in [0, 0.05) is 32.7 Å². The molecule has 0 fully saturated rings. The summed E-state index contributed by atoms with van der Waals surface area (Å²) < 4.78 is 5.02. The molecule has 0 aliphatic rings. The summed E-state index contributed by atoms with van der Waals surface area (Å²) in [6.45, 7) is 5.86. The van der Waals surface area contributed by atoms with Crippen LogP contribution in [-0.2, 0) is 32.7 Å². The number of methoxy groups -OCH3 is 1. The van der Waals surface area contributed by atoms with Gasteiger partial charge in [-0.25, -0.2) is 0 Å². The van der Waals surface area contributed by atoms with Gasteiger partial charge in [0.2, 0.25) is 0 Å². The van der Waals surface area contributed by atoms with E-state index < -0.39 is 0 Å². The average molecular weight is 224 g/mol. The quantitative estimate of drug-likeness (QED) is 0.664. The van der Waals surface area contributed by atoms with Gasteiger partial charge in [0.1, 0.15) is 0 Å². The van der Waals surface area contributed by atoms with Gasteiger partial charge >= 0.3 is 0 Å². The van der Waals surface area contributed by atoms with Crippen LogP contribution >= 0.6 is 0 Å². The fraction of sp³-hybridized carbons (Fsp3) is 0.222. The standard InChI is InChI=1S/C9H11O.Y/c1-7-4-5-9(10-3)6-8(7)2;/h4-6H,1H2,2-3H3;/q-1;. The number of aryl methyl sites for hydroxylation is 1. The van der Waals surface area contributed by atoms with Crippen molar-refractivity contribution in [1.82, 2.24) is 0 Å². The summed E-state index contributed by atoms with van der Waals surface area (Å²) in [6, 6.07) is 5.84. The third-order valence-corrected chi connectivity index (χ3v) is 1.55. The van der Waals surface area contributed by atoms with Crippen LogP contribution in [0.3, 0.4) is 0 Å². The number of benzene rings is 1. The Kier molecular flexibility index (Phi) is 4.79. The number of ether oxygens (including phenoxy) is 1. The third kappa shape index (κ3) is 2.84. The van der Waals surface area contributed by atoms with Gasteiger partial charge in [0.05, 0.1) is 12.9 Å². The number of rotatable bonds is 1. The molecule has 1 radical (unpaired) electrons. The van der Waals surface area contributed by atoms with Crippen molar-refractivity contribution in [2.45, 2.75) is 6.92 Å².